The maximum absolute atomic E-state index is 14.1. The molecular weight excluding hydrogens is 483 g/mol. The zero-order valence-electron chi connectivity index (χ0n) is 20.8. The molecule has 196 valence electrons. The summed E-state index contributed by atoms with van der Waals surface area (Å²) < 4.78 is 42.2. The Labute approximate surface area is 213 Å². The largest absolute Gasteiger partial charge is 0.416 e. The van der Waals surface area contributed by atoms with Gasteiger partial charge in [-0.15, -0.1) is 0 Å². The van der Waals surface area contributed by atoms with E-state index in [4.69, 9.17) is 10.8 Å². The molecule has 2 aromatic rings. The molecule has 7 nitrogen and oxygen atoms in total. The molecule has 0 atom stereocenters. The van der Waals surface area contributed by atoms with Gasteiger partial charge in [0.15, 0.2) is 0 Å². The molecule has 10 heteroatoms. The molecule has 5 rings (SSSR count). The van der Waals surface area contributed by atoms with Crippen molar-refractivity contribution in [1.82, 2.24) is 9.80 Å². The third-order valence-corrected chi connectivity index (χ3v) is 7.69. The van der Waals surface area contributed by atoms with Crippen molar-refractivity contribution in [3.8, 4) is 0 Å². The molecule has 3 N–H and O–H groups in total. The number of β-amino-alcohol motifs (C(OH)–C–C–N with tert-alkyl or cyclic N) is 1. The van der Waals surface area contributed by atoms with Crippen molar-refractivity contribution in [2.75, 3.05) is 25.0 Å². The van der Waals surface area contributed by atoms with Crippen LogP contribution in [0.3, 0.4) is 0 Å². The second kappa shape index (κ2) is 8.66. The molecule has 2 aliphatic heterocycles. The van der Waals surface area contributed by atoms with Gasteiger partial charge in [-0.1, -0.05) is 12.1 Å². The minimum absolute atomic E-state index is 0.0159. The molecule has 0 spiro atoms. The van der Waals surface area contributed by atoms with Crippen molar-refractivity contribution in [2.24, 2.45) is 0 Å². The van der Waals surface area contributed by atoms with Crippen LogP contribution in [0.2, 0.25) is 0 Å². The summed E-state index contributed by atoms with van der Waals surface area (Å²) in [4.78, 5) is 18.1. The van der Waals surface area contributed by atoms with Crippen molar-refractivity contribution in [1.29, 1.82) is 10.8 Å². The molecule has 37 heavy (non-hydrogen) atoms. The van der Waals surface area contributed by atoms with Crippen molar-refractivity contribution in [3.63, 3.8) is 0 Å². The van der Waals surface area contributed by atoms with Crippen LogP contribution < -0.4 is 4.90 Å². The van der Waals surface area contributed by atoms with Crippen LogP contribution in [-0.2, 0) is 24.7 Å². The fourth-order valence-corrected chi connectivity index (χ4v) is 5.55. The molecule has 2 fully saturated rings. The number of alkyl halides is 3. The highest BCUT2D eigenvalue weighted by atomic mass is 19.4. The molecule has 0 radical (unpaired) electrons. The van der Waals surface area contributed by atoms with Gasteiger partial charge < -0.3 is 14.9 Å². The second-order valence-corrected chi connectivity index (χ2v) is 10.9. The predicted molar refractivity (Wildman–Crippen MR) is 134 cm³/mol. The molecule has 2 heterocycles. The first-order valence-electron chi connectivity index (χ1n) is 12.2. The zero-order chi connectivity index (χ0) is 26.8. The van der Waals surface area contributed by atoms with Gasteiger partial charge in [0.25, 0.3) is 5.91 Å². The number of rotatable bonds is 7. The van der Waals surface area contributed by atoms with Crippen molar-refractivity contribution >= 4 is 23.8 Å². The number of anilines is 1. The minimum atomic E-state index is -4.60. The lowest BCUT2D eigenvalue weighted by molar-refractivity contribution is -0.138. The average molecular weight is 514 g/mol. The van der Waals surface area contributed by atoms with Crippen molar-refractivity contribution in [2.45, 2.75) is 56.5 Å². The zero-order valence-corrected chi connectivity index (χ0v) is 20.8. The van der Waals surface area contributed by atoms with E-state index in [0.29, 0.717) is 36.6 Å². The lowest BCUT2D eigenvalue weighted by atomic mass is 9.91. The summed E-state index contributed by atoms with van der Waals surface area (Å²) in [6.45, 7) is 2.49. The molecule has 2 aromatic carbocycles. The Morgan fingerprint density at radius 1 is 1.22 bits per heavy atom. The fourth-order valence-electron chi connectivity index (χ4n) is 5.55. The van der Waals surface area contributed by atoms with Gasteiger partial charge in [-0.2, -0.15) is 13.2 Å². The Bertz CT molecular complexity index is 1280. The van der Waals surface area contributed by atoms with Crippen LogP contribution in [0, 0.1) is 10.8 Å². The first kappa shape index (κ1) is 25.4. The minimum Gasteiger partial charge on any atom is -0.388 e. The molecule has 1 amide bonds. The molecule has 1 aliphatic carbocycles. The molecule has 3 aliphatic rings. The van der Waals surface area contributed by atoms with Crippen LogP contribution in [0.5, 0.6) is 0 Å². The highest BCUT2D eigenvalue weighted by Gasteiger charge is 2.46. The number of carbonyl (C=O) groups excluding carboxylic acids is 1. The monoisotopic (exact) mass is 513 g/mol. The summed E-state index contributed by atoms with van der Waals surface area (Å²) in [7, 11) is 1.65. The molecule has 0 aromatic heterocycles. The molecule has 1 saturated heterocycles. The van der Waals surface area contributed by atoms with E-state index < -0.39 is 23.2 Å². The van der Waals surface area contributed by atoms with Crippen LogP contribution in [0.15, 0.2) is 36.4 Å². The van der Waals surface area contributed by atoms with Gasteiger partial charge in [-0.3, -0.25) is 20.5 Å². The summed E-state index contributed by atoms with van der Waals surface area (Å²) in [5.41, 5.74) is 0.0352. The van der Waals surface area contributed by atoms with E-state index in [0.717, 1.165) is 30.8 Å². The third-order valence-electron chi connectivity index (χ3n) is 7.69. The van der Waals surface area contributed by atoms with Gasteiger partial charge in [0.1, 0.15) is 5.84 Å². The maximum atomic E-state index is 14.1. The Kier molecular flexibility index (Phi) is 5.95. The van der Waals surface area contributed by atoms with E-state index in [1.165, 1.54) is 9.80 Å². The van der Waals surface area contributed by atoms with E-state index >= 15 is 0 Å². The van der Waals surface area contributed by atoms with E-state index in [-0.39, 0.29) is 29.6 Å². The highest BCUT2D eigenvalue weighted by molar-refractivity contribution is 6.10. The first-order valence-corrected chi connectivity index (χ1v) is 12.2. The van der Waals surface area contributed by atoms with Gasteiger partial charge in [-0.25, -0.2) is 0 Å². The SMILES string of the molecule is CN(C=N)C(=N)CC1(c2cccc(N3Cc4c(cc(CN5CC(C)(O)C5)cc4C(F)(F)F)C3=O)c2)CC1. The number of halogens is 3. The van der Waals surface area contributed by atoms with E-state index in [2.05, 4.69) is 0 Å². The maximum Gasteiger partial charge on any atom is 0.416 e. The Morgan fingerprint density at radius 2 is 1.92 bits per heavy atom. The number of benzene rings is 2. The normalized spacial score (nSPS) is 19.8. The number of nitrogens with one attached hydrogen (secondary N) is 2. The number of amidine groups is 1. The van der Waals surface area contributed by atoms with E-state index in [9.17, 15) is 23.1 Å². The van der Waals surface area contributed by atoms with Gasteiger partial charge in [0.2, 0.25) is 0 Å². The standard InChI is InChI=1S/C27H30F3N5O2/c1-25(37)14-34(15-25)12-17-8-20-21(22(9-17)27(28,29)30)13-35(24(20)36)19-5-3-4-18(10-19)26(6-7-26)11-23(32)33(2)16-31/h3-5,8-10,16,31-32,37H,6-7,11-15H2,1-2H3. The number of nitrogens with zero attached hydrogens (tertiary/aromatic N) is 3. The first-order chi connectivity index (χ1) is 17.3. The van der Waals surface area contributed by atoms with Crippen LogP contribution in [0.4, 0.5) is 18.9 Å². The summed E-state index contributed by atoms with van der Waals surface area (Å²) in [6, 6.07) is 10.0. The van der Waals surface area contributed by atoms with Gasteiger partial charge in [-0.05, 0) is 60.7 Å². The van der Waals surface area contributed by atoms with E-state index in [1.807, 2.05) is 17.0 Å². The van der Waals surface area contributed by atoms with Gasteiger partial charge in [0.05, 0.1) is 24.0 Å². The number of carbonyl (C=O) groups is 1. The van der Waals surface area contributed by atoms with Crippen LogP contribution in [0.1, 0.15) is 58.8 Å². The number of fused-ring (bicyclic) bond motifs is 1. The predicted octanol–water partition coefficient (Wildman–Crippen LogP) is 4.37. The average Bonchev–Trinajstić information content (AvgIpc) is 3.53. The number of hydrogen-bond acceptors (Lipinski definition) is 5. The molecule has 1 saturated carbocycles. The lowest BCUT2D eigenvalue weighted by Crippen LogP contribution is -2.59. The smallest absolute Gasteiger partial charge is 0.388 e. The van der Waals surface area contributed by atoms with Crippen LogP contribution in [0.25, 0.3) is 0 Å². The second-order valence-electron chi connectivity index (χ2n) is 10.9. The van der Waals surface area contributed by atoms with E-state index in [1.54, 1.807) is 32.2 Å². The quantitative estimate of drug-likeness (QED) is 0.379. The molecular formula is C27H30F3N5O2. The summed E-state index contributed by atoms with van der Waals surface area (Å²) >= 11 is 0. The molecule has 0 unspecified atom stereocenters. The Hall–Kier alpha value is -3.24. The number of likely N-dealkylation sites (tertiary alicyclic amines) is 1. The van der Waals surface area contributed by atoms with Crippen molar-refractivity contribution < 1.29 is 23.1 Å². The summed E-state index contributed by atoms with van der Waals surface area (Å²) in [5, 5.41) is 25.6. The molecule has 0 bridgehead atoms. The highest BCUT2D eigenvalue weighted by Crippen LogP contribution is 2.52. The fraction of sp³-hybridized carbons (Fsp3) is 0.444. The topological polar surface area (TPSA) is 94.7 Å². The van der Waals surface area contributed by atoms with Crippen molar-refractivity contribution in [3.05, 3.63) is 64.2 Å². The van der Waals surface area contributed by atoms with Crippen LogP contribution >= 0.6 is 0 Å². The lowest BCUT2D eigenvalue weighted by Gasteiger charge is -2.44. The summed E-state index contributed by atoms with van der Waals surface area (Å²) in [5.74, 6) is -0.148. The number of hydrogen-bond donors (Lipinski definition) is 3. The Balaban J connectivity index is 1.43. The third kappa shape index (κ3) is 4.75. The van der Waals surface area contributed by atoms with Crippen LogP contribution in [-0.4, -0.2) is 58.7 Å². The summed E-state index contributed by atoms with van der Waals surface area (Å²) in [6.07, 6.45) is -1.33. The number of amides is 1. The van der Waals surface area contributed by atoms with Gasteiger partial charge >= 0.3 is 6.18 Å². The van der Waals surface area contributed by atoms with Gasteiger partial charge in [0, 0.05) is 49.8 Å². The Morgan fingerprint density at radius 3 is 2.51 bits per heavy atom. The number of aliphatic hydroxyl groups is 1.